The number of nitrogens with zero attached hydrogens (tertiary/aromatic N) is 3. The van der Waals surface area contributed by atoms with Crippen LogP contribution in [0.5, 0.6) is 0 Å². The van der Waals surface area contributed by atoms with Gasteiger partial charge in [-0.15, -0.1) is 0 Å². The summed E-state index contributed by atoms with van der Waals surface area (Å²) < 4.78 is 17.8. The molecule has 3 nitrogen and oxygen atoms in total. The molecule has 0 fully saturated rings. The topological polar surface area (TPSA) is 22.2 Å². The van der Waals surface area contributed by atoms with Crippen LogP contribution in [0.1, 0.15) is 5.56 Å². The molecule has 0 spiro atoms. The second-order valence-electron chi connectivity index (χ2n) is 7.53. The average Bonchev–Trinajstić information content (AvgIpc) is 3.36. The molecular formula is C26H18FN3. The molecule has 0 atom stereocenters. The molecule has 144 valence electrons. The molecule has 0 N–H and O–H groups in total. The van der Waals surface area contributed by atoms with Crippen LogP contribution < -0.4 is 0 Å². The van der Waals surface area contributed by atoms with Gasteiger partial charge in [0.25, 0.3) is 0 Å². The van der Waals surface area contributed by atoms with Gasteiger partial charge in [0.15, 0.2) is 5.65 Å². The molecule has 0 saturated heterocycles. The maximum atomic E-state index is 13.4. The maximum absolute atomic E-state index is 13.4. The maximum Gasteiger partial charge on any atom is 0.162 e. The first-order valence-electron chi connectivity index (χ1n) is 9.96. The van der Waals surface area contributed by atoms with Crippen LogP contribution in [0.2, 0.25) is 0 Å². The van der Waals surface area contributed by atoms with Crippen LogP contribution in [0.3, 0.4) is 0 Å². The van der Waals surface area contributed by atoms with E-state index < -0.39 is 0 Å². The Hall–Kier alpha value is -3.92. The van der Waals surface area contributed by atoms with Gasteiger partial charge in [-0.05, 0) is 29.8 Å². The van der Waals surface area contributed by atoms with Crippen LogP contribution in [0.25, 0.3) is 38.7 Å². The highest BCUT2D eigenvalue weighted by Gasteiger charge is 2.16. The van der Waals surface area contributed by atoms with Crippen molar-refractivity contribution in [2.45, 2.75) is 6.54 Å². The van der Waals surface area contributed by atoms with Gasteiger partial charge in [-0.1, -0.05) is 60.7 Å². The number of para-hydroxylation sites is 1. The summed E-state index contributed by atoms with van der Waals surface area (Å²) in [4.78, 5) is 5.00. The van der Waals surface area contributed by atoms with E-state index in [1.165, 1.54) is 22.9 Å². The molecule has 3 aromatic carbocycles. The van der Waals surface area contributed by atoms with Crippen LogP contribution in [-0.2, 0) is 6.54 Å². The van der Waals surface area contributed by atoms with E-state index in [4.69, 9.17) is 4.98 Å². The first kappa shape index (κ1) is 17.0. The number of halogens is 1. The van der Waals surface area contributed by atoms with Crippen molar-refractivity contribution in [3.05, 3.63) is 109 Å². The second-order valence-corrected chi connectivity index (χ2v) is 7.53. The molecule has 0 unspecified atom stereocenters. The number of benzene rings is 3. The molecule has 6 rings (SSSR count). The van der Waals surface area contributed by atoms with Gasteiger partial charge in [0.05, 0.1) is 11.2 Å². The summed E-state index contributed by atoms with van der Waals surface area (Å²) in [5.41, 5.74) is 6.25. The highest BCUT2D eigenvalue weighted by molar-refractivity contribution is 6.12. The molecule has 0 bridgehead atoms. The minimum atomic E-state index is -0.218. The molecule has 0 radical (unpaired) electrons. The van der Waals surface area contributed by atoms with Crippen LogP contribution in [-0.4, -0.2) is 14.0 Å². The number of pyridine rings is 1. The Labute approximate surface area is 172 Å². The number of aromatic nitrogens is 3. The normalized spacial score (nSPS) is 11.6. The summed E-state index contributed by atoms with van der Waals surface area (Å²) in [5, 5.41) is 2.37. The van der Waals surface area contributed by atoms with Crippen molar-refractivity contribution in [2.24, 2.45) is 0 Å². The van der Waals surface area contributed by atoms with Crippen LogP contribution in [0.4, 0.5) is 4.39 Å². The summed E-state index contributed by atoms with van der Waals surface area (Å²) >= 11 is 0. The van der Waals surface area contributed by atoms with Gasteiger partial charge in [-0.3, -0.25) is 0 Å². The van der Waals surface area contributed by atoms with E-state index in [2.05, 4.69) is 63.8 Å². The van der Waals surface area contributed by atoms with Gasteiger partial charge in [0.1, 0.15) is 5.82 Å². The third-order valence-corrected chi connectivity index (χ3v) is 5.68. The first-order chi connectivity index (χ1) is 14.8. The number of hydrogen-bond acceptors (Lipinski definition) is 1. The standard InChI is InChI=1S/C26H18FN3/c27-20-12-10-18(11-13-20)16-30-24-9-5-4-8-21(24)22-14-15-29-17-23(28-26(29)25(22)30)19-6-2-1-3-7-19/h1-15,17H,16H2. The molecule has 0 saturated carbocycles. The van der Waals surface area contributed by atoms with Crippen molar-refractivity contribution >= 4 is 27.5 Å². The van der Waals surface area contributed by atoms with Gasteiger partial charge in [0.2, 0.25) is 0 Å². The number of fused-ring (bicyclic) bond motifs is 5. The van der Waals surface area contributed by atoms with Crippen molar-refractivity contribution in [1.82, 2.24) is 14.0 Å². The second kappa shape index (κ2) is 6.56. The van der Waals surface area contributed by atoms with Crippen molar-refractivity contribution in [1.29, 1.82) is 0 Å². The SMILES string of the molecule is Fc1ccc(Cn2c3ccccc3c3ccn4cc(-c5ccccc5)nc4c32)cc1. The van der Waals surface area contributed by atoms with E-state index in [1.807, 2.05) is 30.3 Å². The van der Waals surface area contributed by atoms with E-state index in [1.54, 1.807) is 0 Å². The van der Waals surface area contributed by atoms with E-state index in [0.717, 1.165) is 33.5 Å². The fourth-order valence-electron chi connectivity index (χ4n) is 4.26. The molecule has 30 heavy (non-hydrogen) atoms. The van der Waals surface area contributed by atoms with Gasteiger partial charge < -0.3 is 8.97 Å². The Morgan fingerprint density at radius 2 is 1.53 bits per heavy atom. The largest absolute Gasteiger partial charge is 0.333 e. The van der Waals surface area contributed by atoms with Crippen molar-refractivity contribution in [3.8, 4) is 11.3 Å². The average molecular weight is 391 g/mol. The summed E-state index contributed by atoms with van der Waals surface area (Å²) in [5.74, 6) is -0.218. The Balaban J connectivity index is 1.65. The third kappa shape index (κ3) is 2.61. The molecule has 0 aliphatic heterocycles. The van der Waals surface area contributed by atoms with Crippen molar-refractivity contribution in [2.75, 3.05) is 0 Å². The molecule has 0 aliphatic rings. The van der Waals surface area contributed by atoms with Gasteiger partial charge in [-0.2, -0.15) is 0 Å². The van der Waals surface area contributed by atoms with E-state index in [9.17, 15) is 4.39 Å². The minimum Gasteiger partial charge on any atom is -0.333 e. The lowest BCUT2D eigenvalue weighted by Crippen LogP contribution is -2.01. The quantitative estimate of drug-likeness (QED) is 0.347. The Kier molecular flexibility index (Phi) is 3.71. The number of hydrogen-bond donors (Lipinski definition) is 0. The Morgan fingerprint density at radius 1 is 0.767 bits per heavy atom. The molecular weight excluding hydrogens is 373 g/mol. The molecule has 3 heterocycles. The summed E-state index contributed by atoms with van der Waals surface area (Å²) in [7, 11) is 0. The zero-order valence-electron chi connectivity index (χ0n) is 16.2. The predicted octanol–water partition coefficient (Wildman–Crippen LogP) is 6.30. The van der Waals surface area contributed by atoms with Crippen molar-refractivity contribution < 1.29 is 4.39 Å². The molecule has 3 aromatic heterocycles. The van der Waals surface area contributed by atoms with Gasteiger partial charge in [0, 0.05) is 40.8 Å². The lowest BCUT2D eigenvalue weighted by Gasteiger charge is -2.08. The molecule has 0 amide bonds. The van der Waals surface area contributed by atoms with E-state index in [-0.39, 0.29) is 5.82 Å². The highest BCUT2D eigenvalue weighted by atomic mass is 19.1. The molecule has 6 aromatic rings. The van der Waals surface area contributed by atoms with Gasteiger partial charge in [-0.25, -0.2) is 9.37 Å². The highest BCUT2D eigenvalue weighted by Crippen LogP contribution is 2.33. The van der Waals surface area contributed by atoms with Crippen LogP contribution in [0.15, 0.2) is 97.3 Å². The van der Waals surface area contributed by atoms with Crippen LogP contribution in [0, 0.1) is 5.82 Å². The number of rotatable bonds is 3. The van der Waals surface area contributed by atoms with E-state index >= 15 is 0 Å². The monoisotopic (exact) mass is 391 g/mol. The molecule has 4 heteroatoms. The smallest absolute Gasteiger partial charge is 0.162 e. The molecule has 0 aliphatic carbocycles. The van der Waals surface area contributed by atoms with Crippen LogP contribution >= 0.6 is 0 Å². The zero-order chi connectivity index (χ0) is 20.1. The fraction of sp³-hybridized carbons (Fsp3) is 0.0385. The summed E-state index contributed by atoms with van der Waals surface area (Å²) in [6, 6.07) is 27.5. The summed E-state index contributed by atoms with van der Waals surface area (Å²) in [6.07, 6.45) is 4.15. The predicted molar refractivity (Wildman–Crippen MR) is 119 cm³/mol. The lowest BCUT2D eigenvalue weighted by atomic mass is 10.2. The Morgan fingerprint density at radius 3 is 2.37 bits per heavy atom. The third-order valence-electron chi connectivity index (χ3n) is 5.68. The Bertz CT molecular complexity index is 1510. The van der Waals surface area contributed by atoms with E-state index in [0.29, 0.717) is 6.54 Å². The number of imidazole rings is 1. The lowest BCUT2D eigenvalue weighted by molar-refractivity contribution is 0.626. The van der Waals surface area contributed by atoms with Gasteiger partial charge >= 0.3 is 0 Å². The zero-order valence-corrected chi connectivity index (χ0v) is 16.2. The first-order valence-corrected chi connectivity index (χ1v) is 9.96. The van der Waals surface area contributed by atoms with Crippen molar-refractivity contribution in [3.63, 3.8) is 0 Å². The fourth-order valence-corrected chi connectivity index (χ4v) is 4.26. The summed E-state index contributed by atoms with van der Waals surface area (Å²) in [6.45, 7) is 0.650. The minimum absolute atomic E-state index is 0.218.